The van der Waals surface area contributed by atoms with Gasteiger partial charge in [0.15, 0.2) is 0 Å². The maximum absolute atomic E-state index is 13.5. The molecular weight excluding hydrogens is 386 g/mol. The van der Waals surface area contributed by atoms with Gasteiger partial charge in [-0.2, -0.15) is 0 Å². The number of fused-ring (bicyclic) bond motifs is 1. The first-order chi connectivity index (χ1) is 15.1. The first-order valence-corrected chi connectivity index (χ1v) is 11.1. The summed E-state index contributed by atoms with van der Waals surface area (Å²) in [6, 6.07) is 18.8. The number of nitrogens with zero attached hydrogens (tertiary/aromatic N) is 1. The third-order valence-corrected chi connectivity index (χ3v) is 6.64. The van der Waals surface area contributed by atoms with Crippen LogP contribution in [0.4, 0.5) is 5.69 Å². The standard InChI is InChI=1S/C26H29N3O2/c1-18-16-24(31-2)23(29-14-12-27-13-15-29)17-21(18)25(30)28-26(10-11-26)22-9-5-7-19-6-3-4-8-20(19)22/h3-9,16-17,27H,10-15H2,1-2H3,(H,28,30). The maximum Gasteiger partial charge on any atom is 0.252 e. The molecule has 1 saturated heterocycles. The molecule has 1 saturated carbocycles. The van der Waals surface area contributed by atoms with E-state index in [2.05, 4.69) is 58.0 Å². The van der Waals surface area contributed by atoms with Gasteiger partial charge in [0.25, 0.3) is 5.91 Å². The van der Waals surface area contributed by atoms with Crippen molar-refractivity contribution in [3.8, 4) is 5.75 Å². The van der Waals surface area contributed by atoms with E-state index < -0.39 is 0 Å². The van der Waals surface area contributed by atoms with Crippen molar-refractivity contribution >= 4 is 22.4 Å². The highest BCUT2D eigenvalue weighted by Gasteiger charge is 2.46. The van der Waals surface area contributed by atoms with E-state index in [9.17, 15) is 4.79 Å². The summed E-state index contributed by atoms with van der Waals surface area (Å²) in [6.45, 7) is 5.66. The summed E-state index contributed by atoms with van der Waals surface area (Å²) >= 11 is 0. The van der Waals surface area contributed by atoms with Gasteiger partial charge in [0, 0.05) is 31.7 Å². The number of hydrogen-bond donors (Lipinski definition) is 2. The Morgan fingerprint density at radius 3 is 2.55 bits per heavy atom. The van der Waals surface area contributed by atoms with Crippen LogP contribution in [0.3, 0.4) is 0 Å². The Labute approximate surface area is 183 Å². The van der Waals surface area contributed by atoms with Crippen LogP contribution < -0.4 is 20.3 Å². The summed E-state index contributed by atoms with van der Waals surface area (Å²) in [4.78, 5) is 15.8. The van der Waals surface area contributed by atoms with Crippen LogP contribution in [0.5, 0.6) is 5.75 Å². The number of anilines is 1. The number of carbonyl (C=O) groups is 1. The smallest absolute Gasteiger partial charge is 0.252 e. The zero-order valence-corrected chi connectivity index (χ0v) is 18.2. The van der Waals surface area contributed by atoms with Gasteiger partial charge in [-0.3, -0.25) is 4.79 Å². The van der Waals surface area contributed by atoms with Crippen molar-refractivity contribution < 1.29 is 9.53 Å². The van der Waals surface area contributed by atoms with Gasteiger partial charge in [-0.15, -0.1) is 0 Å². The largest absolute Gasteiger partial charge is 0.495 e. The number of amides is 1. The molecule has 0 atom stereocenters. The molecule has 2 fully saturated rings. The first kappa shape index (κ1) is 19.9. The second-order valence-corrected chi connectivity index (χ2v) is 8.64. The average Bonchev–Trinajstić information content (AvgIpc) is 3.59. The number of aryl methyl sites for hydroxylation is 1. The zero-order chi connectivity index (χ0) is 21.4. The van der Waals surface area contributed by atoms with E-state index >= 15 is 0 Å². The Balaban J connectivity index is 1.47. The van der Waals surface area contributed by atoms with Crippen LogP contribution in [-0.4, -0.2) is 39.2 Å². The van der Waals surface area contributed by atoms with Crippen molar-refractivity contribution in [3.63, 3.8) is 0 Å². The molecule has 1 aliphatic carbocycles. The number of rotatable bonds is 5. The highest BCUT2D eigenvalue weighted by Crippen LogP contribution is 2.48. The molecule has 3 aromatic rings. The summed E-state index contributed by atoms with van der Waals surface area (Å²) in [5, 5.41) is 9.20. The normalized spacial score (nSPS) is 17.4. The van der Waals surface area contributed by atoms with E-state index in [1.54, 1.807) is 7.11 Å². The summed E-state index contributed by atoms with van der Waals surface area (Å²) in [7, 11) is 1.69. The number of hydrogen-bond acceptors (Lipinski definition) is 4. The van der Waals surface area contributed by atoms with Crippen LogP contribution in [0.2, 0.25) is 0 Å². The van der Waals surface area contributed by atoms with Crippen LogP contribution >= 0.6 is 0 Å². The van der Waals surface area contributed by atoms with E-state index in [4.69, 9.17) is 4.74 Å². The fourth-order valence-corrected chi connectivity index (χ4v) is 4.75. The summed E-state index contributed by atoms with van der Waals surface area (Å²) in [5.74, 6) is 0.813. The summed E-state index contributed by atoms with van der Waals surface area (Å²) in [5.41, 5.74) is 3.59. The molecule has 0 radical (unpaired) electrons. The molecule has 3 aromatic carbocycles. The zero-order valence-electron chi connectivity index (χ0n) is 18.2. The van der Waals surface area contributed by atoms with E-state index in [-0.39, 0.29) is 11.4 Å². The number of ether oxygens (including phenoxy) is 1. The Kier molecular flexibility index (Phi) is 5.06. The minimum absolute atomic E-state index is 0.0121. The Morgan fingerprint density at radius 2 is 1.81 bits per heavy atom. The van der Waals surface area contributed by atoms with Crippen LogP contribution in [-0.2, 0) is 5.54 Å². The molecule has 1 aliphatic heterocycles. The van der Waals surface area contributed by atoms with Crippen LogP contribution in [0.15, 0.2) is 54.6 Å². The van der Waals surface area contributed by atoms with Gasteiger partial charge in [0.2, 0.25) is 0 Å². The fourth-order valence-electron chi connectivity index (χ4n) is 4.75. The molecule has 0 aromatic heterocycles. The molecule has 1 amide bonds. The number of methoxy groups -OCH3 is 1. The predicted molar refractivity (Wildman–Crippen MR) is 125 cm³/mol. The van der Waals surface area contributed by atoms with Gasteiger partial charge < -0.3 is 20.3 Å². The molecule has 0 bridgehead atoms. The molecule has 0 unspecified atom stereocenters. The fraction of sp³-hybridized carbons (Fsp3) is 0.346. The lowest BCUT2D eigenvalue weighted by atomic mass is 9.96. The molecule has 2 aliphatic rings. The van der Waals surface area contributed by atoms with Gasteiger partial charge in [-0.1, -0.05) is 42.5 Å². The number of piperazine rings is 1. The molecule has 5 rings (SSSR count). The Morgan fingerprint density at radius 1 is 1.06 bits per heavy atom. The van der Waals surface area contributed by atoms with Crippen molar-refractivity contribution in [1.82, 2.24) is 10.6 Å². The average molecular weight is 416 g/mol. The van der Waals surface area contributed by atoms with Crippen molar-refractivity contribution in [3.05, 3.63) is 71.3 Å². The van der Waals surface area contributed by atoms with Crippen molar-refractivity contribution in [2.24, 2.45) is 0 Å². The molecule has 31 heavy (non-hydrogen) atoms. The second-order valence-electron chi connectivity index (χ2n) is 8.64. The first-order valence-electron chi connectivity index (χ1n) is 11.1. The molecular formula is C26H29N3O2. The van der Waals surface area contributed by atoms with Crippen molar-refractivity contribution in [1.29, 1.82) is 0 Å². The SMILES string of the molecule is COc1cc(C)c(C(=O)NC2(c3cccc4ccccc34)CC2)cc1N1CCNCC1. The molecule has 5 nitrogen and oxygen atoms in total. The van der Waals surface area contributed by atoms with E-state index in [0.717, 1.165) is 61.6 Å². The molecule has 1 heterocycles. The maximum atomic E-state index is 13.5. The summed E-state index contributed by atoms with van der Waals surface area (Å²) in [6.07, 6.45) is 1.93. The second kappa shape index (κ2) is 7.89. The lowest BCUT2D eigenvalue weighted by molar-refractivity contribution is 0.0930. The van der Waals surface area contributed by atoms with E-state index in [1.807, 2.05) is 19.1 Å². The molecule has 0 spiro atoms. The van der Waals surface area contributed by atoms with Crippen molar-refractivity contribution in [2.75, 3.05) is 38.2 Å². The topological polar surface area (TPSA) is 53.6 Å². The highest BCUT2D eigenvalue weighted by atomic mass is 16.5. The summed E-state index contributed by atoms with van der Waals surface area (Å²) < 4.78 is 5.65. The van der Waals surface area contributed by atoms with Crippen LogP contribution in [0, 0.1) is 6.92 Å². The van der Waals surface area contributed by atoms with Gasteiger partial charge in [-0.25, -0.2) is 0 Å². The third-order valence-electron chi connectivity index (χ3n) is 6.64. The van der Waals surface area contributed by atoms with Gasteiger partial charge in [0.1, 0.15) is 5.75 Å². The Bertz CT molecular complexity index is 1130. The number of benzene rings is 3. The van der Waals surface area contributed by atoms with Gasteiger partial charge in [-0.05, 0) is 53.8 Å². The monoisotopic (exact) mass is 415 g/mol. The van der Waals surface area contributed by atoms with Crippen molar-refractivity contribution in [2.45, 2.75) is 25.3 Å². The van der Waals surface area contributed by atoms with E-state index in [1.165, 1.54) is 16.3 Å². The van der Waals surface area contributed by atoms with Gasteiger partial charge >= 0.3 is 0 Å². The van der Waals surface area contributed by atoms with Crippen LogP contribution in [0.25, 0.3) is 10.8 Å². The molecule has 5 heteroatoms. The minimum atomic E-state index is -0.278. The lowest BCUT2D eigenvalue weighted by Gasteiger charge is -2.31. The number of carbonyl (C=O) groups excluding carboxylic acids is 1. The molecule has 160 valence electrons. The molecule has 2 N–H and O–H groups in total. The lowest BCUT2D eigenvalue weighted by Crippen LogP contribution is -2.43. The highest BCUT2D eigenvalue weighted by molar-refractivity contribution is 5.98. The quantitative estimate of drug-likeness (QED) is 0.662. The number of nitrogens with one attached hydrogen (secondary N) is 2. The van der Waals surface area contributed by atoms with Crippen LogP contribution in [0.1, 0.15) is 34.3 Å². The van der Waals surface area contributed by atoms with E-state index in [0.29, 0.717) is 0 Å². The predicted octanol–water partition coefficient (Wildman–Crippen LogP) is 3.99. The third kappa shape index (κ3) is 3.63. The van der Waals surface area contributed by atoms with Gasteiger partial charge in [0.05, 0.1) is 18.3 Å². The minimum Gasteiger partial charge on any atom is -0.495 e. The Hall–Kier alpha value is -3.05.